The first-order chi connectivity index (χ1) is 15.2. The highest BCUT2D eigenvalue weighted by Crippen LogP contribution is 2.08. The van der Waals surface area contributed by atoms with Crippen molar-refractivity contribution in [2.45, 2.75) is 6.54 Å². The second kappa shape index (κ2) is 10.00. The minimum atomic E-state index is -0.213. The van der Waals surface area contributed by atoms with Gasteiger partial charge in [0.1, 0.15) is 5.69 Å². The van der Waals surface area contributed by atoms with Gasteiger partial charge in [0.05, 0.1) is 6.54 Å². The minimum Gasteiger partial charge on any atom is -0.335 e. The lowest BCUT2D eigenvalue weighted by molar-refractivity contribution is 0.0641. The molecule has 4 rings (SSSR count). The number of aromatic nitrogens is 2. The van der Waals surface area contributed by atoms with Crippen LogP contribution in [0.25, 0.3) is 6.08 Å². The summed E-state index contributed by atoms with van der Waals surface area (Å²) in [6.07, 6.45) is 4.28. The summed E-state index contributed by atoms with van der Waals surface area (Å²) in [4.78, 5) is 29.3. The van der Waals surface area contributed by atoms with E-state index in [2.05, 4.69) is 34.3 Å². The molecule has 0 radical (unpaired) electrons. The van der Waals surface area contributed by atoms with Gasteiger partial charge in [-0.25, -0.2) is 4.68 Å². The van der Waals surface area contributed by atoms with E-state index in [1.54, 1.807) is 0 Å². The standard InChI is InChI=1S/C25H26N4O2/c30-24-14-13-23(26-29(24)20-22-10-5-2-6-11-22)25(31)28-18-16-27(17-19-28)15-7-12-21-8-3-1-4-9-21/h1-14H,15-20H2/b12-7+. The maximum Gasteiger partial charge on any atom is 0.274 e. The number of carbonyl (C=O) groups excluding carboxylic acids is 1. The lowest BCUT2D eigenvalue weighted by Crippen LogP contribution is -2.49. The first kappa shape index (κ1) is 20.8. The Hall–Kier alpha value is -3.51. The van der Waals surface area contributed by atoms with E-state index in [-0.39, 0.29) is 11.5 Å². The van der Waals surface area contributed by atoms with Crippen molar-refractivity contribution in [1.29, 1.82) is 0 Å². The van der Waals surface area contributed by atoms with Gasteiger partial charge in [-0.1, -0.05) is 72.8 Å². The van der Waals surface area contributed by atoms with Gasteiger partial charge in [0.2, 0.25) is 0 Å². The van der Waals surface area contributed by atoms with E-state index in [0.717, 1.165) is 25.2 Å². The van der Waals surface area contributed by atoms with Crippen LogP contribution in [0.5, 0.6) is 0 Å². The summed E-state index contributed by atoms with van der Waals surface area (Å²) in [6, 6.07) is 22.8. The molecule has 0 bridgehead atoms. The average molecular weight is 415 g/mol. The zero-order valence-electron chi connectivity index (χ0n) is 17.4. The minimum absolute atomic E-state index is 0.124. The van der Waals surface area contributed by atoms with E-state index in [0.29, 0.717) is 25.3 Å². The van der Waals surface area contributed by atoms with Crippen LogP contribution in [0.3, 0.4) is 0 Å². The van der Waals surface area contributed by atoms with E-state index in [9.17, 15) is 9.59 Å². The predicted octanol–water partition coefficient (Wildman–Crippen LogP) is 2.76. The molecule has 0 aliphatic carbocycles. The molecule has 0 atom stereocenters. The number of carbonyl (C=O) groups is 1. The van der Waals surface area contributed by atoms with Gasteiger partial charge < -0.3 is 4.90 Å². The molecule has 2 heterocycles. The third kappa shape index (κ3) is 5.55. The Balaban J connectivity index is 1.34. The Bertz CT molecular complexity index is 1090. The molecular formula is C25H26N4O2. The summed E-state index contributed by atoms with van der Waals surface area (Å²) in [5.41, 5.74) is 2.26. The fourth-order valence-corrected chi connectivity index (χ4v) is 3.63. The summed E-state index contributed by atoms with van der Waals surface area (Å²) in [5.74, 6) is -0.124. The Morgan fingerprint density at radius 3 is 2.26 bits per heavy atom. The van der Waals surface area contributed by atoms with Gasteiger partial charge in [0.15, 0.2) is 0 Å². The SMILES string of the molecule is O=C(c1ccc(=O)n(Cc2ccccc2)n1)N1CCN(C/C=C/c2ccccc2)CC1. The van der Waals surface area contributed by atoms with Crippen LogP contribution in [0.15, 0.2) is 83.7 Å². The zero-order chi connectivity index (χ0) is 21.5. The number of amides is 1. The van der Waals surface area contributed by atoms with Crippen molar-refractivity contribution in [3.63, 3.8) is 0 Å². The van der Waals surface area contributed by atoms with E-state index in [4.69, 9.17) is 0 Å². The van der Waals surface area contributed by atoms with Crippen molar-refractivity contribution in [3.8, 4) is 0 Å². The molecule has 2 aromatic carbocycles. The molecule has 0 spiro atoms. The van der Waals surface area contributed by atoms with Crippen LogP contribution in [0.4, 0.5) is 0 Å². The van der Waals surface area contributed by atoms with Crippen molar-refractivity contribution < 1.29 is 4.79 Å². The van der Waals surface area contributed by atoms with Crippen LogP contribution in [-0.2, 0) is 6.54 Å². The van der Waals surface area contributed by atoms with Gasteiger partial charge in [-0.05, 0) is 17.2 Å². The maximum atomic E-state index is 12.9. The molecule has 158 valence electrons. The number of hydrogen-bond acceptors (Lipinski definition) is 4. The van der Waals surface area contributed by atoms with E-state index < -0.39 is 0 Å². The molecule has 1 fully saturated rings. The molecule has 6 nitrogen and oxygen atoms in total. The van der Waals surface area contributed by atoms with Gasteiger partial charge in [0, 0.05) is 38.8 Å². The summed E-state index contributed by atoms with van der Waals surface area (Å²) < 4.78 is 1.35. The molecule has 0 N–H and O–H groups in total. The number of hydrogen-bond donors (Lipinski definition) is 0. The topological polar surface area (TPSA) is 58.4 Å². The first-order valence-corrected chi connectivity index (χ1v) is 10.5. The fourth-order valence-electron chi connectivity index (χ4n) is 3.63. The number of benzene rings is 2. The third-order valence-corrected chi connectivity index (χ3v) is 5.39. The second-order valence-corrected chi connectivity index (χ2v) is 7.61. The summed E-state index contributed by atoms with van der Waals surface area (Å²) in [5, 5.41) is 4.33. The molecule has 6 heteroatoms. The third-order valence-electron chi connectivity index (χ3n) is 5.39. The van der Waals surface area contributed by atoms with Crippen molar-refractivity contribution in [3.05, 3.63) is 106 Å². The largest absolute Gasteiger partial charge is 0.335 e. The molecule has 1 aliphatic heterocycles. The van der Waals surface area contributed by atoms with Gasteiger partial charge in [-0.15, -0.1) is 0 Å². The lowest BCUT2D eigenvalue weighted by atomic mass is 10.2. The highest BCUT2D eigenvalue weighted by Gasteiger charge is 2.23. The monoisotopic (exact) mass is 414 g/mol. The molecule has 1 aromatic heterocycles. The zero-order valence-corrected chi connectivity index (χ0v) is 17.4. The highest BCUT2D eigenvalue weighted by atomic mass is 16.2. The van der Waals surface area contributed by atoms with E-state index >= 15 is 0 Å². The molecule has 1 saturated heterocycles. The smallest absolute Gasteiger partial charge is 0.274 e. The van der Waals surface area contributed by atoms with Crippen LogP contribution in [0.1, 0.15) is 21.6 Å². The van der Waals surface area contributed by atoms with E-state index in [1.165, 1.54) is 22.4 Å². The molecule has 0 saturated carbocycles. The van der Waals surface area contributed by atoms with E-state index in [1.807, 2.05) is 53.4 Å². The van der Waals surface area contributed by atoms with Crippen molar-refractivity contribution >= 4 is 12.0 Å². The van der Waals surface area contributed by atoms with Crippen LogP contribution in [0.2, 0.25) is 0 Å². The Morgan fingerprint density at radius 2 is 1.55 bits per heavy atom. The quantitative estimate of drug-likeness (QED) is 0.622. The summed E-state index contributed by atoms with van der Waals surface area (Å²) >= 11 is 0. The Labute approximate surface area is 182 Å². The van der Waals surface area contributed by atoms with Crippen molar-refractivity contribution in [2.75, 3.05) is 32.7 Å². The summed E-state index contributed by atoms with van der Waals surface area (Å²) in [7, 11) is 0. The fraction of sp³-hybridized carbons (Fsp3) is 0.240. The molecule has 1 amide bonds. The number of nitrogens with zero attached hydrogens (tertiary/aromatic N) is 4. The van der Waals surface area contributed by atoms with Crippen LogP contribution in [-0.4, -0.2) is 58.2 Å². The molecule has 31 heavy (non-hydrogen) atoms. The number of rotatable bonds is 6. The second-order valence-electron chi connectivity index (χ2n) is 7.61. The lowest BCUT2D eigenvalue weighted by Gasteiger charge is -2.34. The molecule has 0 unspecified atom stereocenters. The van der Waals surface area contributed by atoms with Gasteiger partial charge in [-0.2, -0.15) is 5.10 Å². The Kier molecular flexibility index (Phi) is 6.69. The van der Waals surface area contributed by atoms with Crippen LogP contribution < -0.4 is 5.56 Å². The molecular weight excluding hydrogens is 388 g/mol. The predicted molar refractivity (Wildman–Crippen MR) is 122 cm³/mol. The van der Waals surface area contributed by atoms with Crippen molar-refractivity contribution in [2.24, 2.45) is 0 Å². The Morgan fingerprint density at radius 1 is 0.871 bits per heavy atom. The van der Waals surface area contributed by atoms with Crippen LogP contribution in [0, 0.1) is 0 Å². The van der Waals surface area contributed by atoms with Crippen LogP contribution >= 0.6 is 0 Å². The molecule has 3 aromatic rings. The average Bonchev–Trinajstić information content (AvgIpc) is 2.82. The molecule has 1 aliphatic rings. The van der Waals surface area contributed by atoms with Crippen molar-refractivity contribution in [1.82, 2.24) is 19.6 Å². The number of piperazine rings is 1. The summed E-state index contributed by atoms with van der Waals surface area (Å²) in [6.45, 7) is 4.14. The normalized spacial score (nSPS) is 14.8. The van der Waals surface area contributed by atoms with Gasteiger partial charge in [0.25, 0.3) is 11.5 Å². The van der Waals surface area contributed by atoms with Gasteiger partial charge >= 0.3 is 0 Å². The maximum absolute atomic E-state index is 12.9. The van der Waals surface area contributed by atoms with Gasteiger partial charge in [-0.3, -0.25) is 14.5 Å². The first-order valence-electron chi connectivity index (χ1n) is 10.5. The highest BCUT2D eigenvalue weighted by molar-refractivity contribution is 5.92.